The highest BCUT2D eigenvalue weighted by Crippen LogP contribution is 2.23. The van der Waals surface area contributed by atoms with Crippen molar-refractivity contribution in [2.24, 2.45) is 0 Å². The molecule has 21 heteroatoms. The van der Waals surface area contributed by atoms with E-state index in [4.69, 9.17) is 44.6 Å². The van der Waals surface area contributed by atoms with E-state index < -0.39 is 36.0 Å². The highest BCUT2D eigenvalue weighted by Gasteiger charge is 2.20. The third kappa shape index (κ3) is 24.1. The monoisotopic (exact) mass is 932 g/mol. The maximum Gasteiger partial charge on any atom is 0.519 e. The number of aromatic carboxylic acids is 1. The molecule has 362 valence electrons. The Morgan fingerprint density at radius 1 is 0.409 bits per heavy atom. The molecule has 0 aromatic heterocycles. The summed E-state index contributed by atoms with van der Waals surface area (Å²) < 4.78 is 28.1. The number of aliphatic hydroxyl groups is 1. The molecular weight excluding hydrogens is 876 g/mol. The Balaban J connectivity index is -0.000000183. The van der Waals surface area contributed by atoms with E-state index in [2.05, 4.69) is 18.9 Å². The van der Waals surface area contributed by atoms with Gasteiger partial charge in [0.1, 0.15) is 56.6 Å². The molecular formula is C45H56O21. The molecule has 0 saturated heterocycles. The van der Waals surface area contributed by atoms with Crippen molar-refractivity contribution in [2.75, 3.05) is 35.5 Å². The molecule has 5 rings (SSSR count). The fourth-order valence-corrected chi connectivity index (χ4v) is 4.04. The summed E-state index contributed by atoms with van der Waals surface area (Å²) in [5, 5.41) is 42.5. The number of aromatic hydroxyl groups is 3. The largest absolute Gasteiger partial charge is 0.519 e. The van der Waals surface area contributed by atoms with Crippen LogP contribution in [0.2, 0.25) is 0 Å². The number of esters is 4. The molecule has 0 aliphatic rings. The Kier molecular flexibility index (Phi) is 41.1. The summed E-state index contributed by atoms with van der Waals surface area (Å²) in [7, 11) is 5.97. The van der Waals surface area contributed by atoms with Gasteiger partial charge in [-0.2, -0.15) is 9.59 Å². The lowest BCUT2D eigenvalue weighted by Crippen LogP contribution is -2.17. The molecule has 66 heavy (non-hydrogen) atoms. The molecule has 0 spiro atoms. The minimum Gasteiger partial charge on any atom is -0.507 e. The summed E-state index contributed by atoms with van der Waals surface area (Å²) in [5.74, 6) is -3.84. The second-order valence-corrected chi connectivity index (χ2v) is 10.4. The van der Waals surface area contributed by atoms with E-state index in [1.807, 2.05) is 0 Å². The molecule has 0 fully saturated rings. The normalized spacial score (nSPS) is 8.21. The Bertz CT molecular complexity index is 2110. The Morgan fingerprint density at radius 3 is 0.848 bits per heavy atom. The lowest BCUT2D eigenvalue weighted by atomic mass is 10.2. The Labute approximate surface area is 380 Å². The summed E-state index contributed by atoms with van der Waals surface area (Å²) in [4.78, 5) is 83.5. The van der Waals surface area contributed by atoms with Gasteiger partial charge in [-0.1, -0.05) is 82.9 Å². The van der Waals surface area contributed by atoms with Crippen molar-refractivity contribution >= 4 is 42.2 Å². The highest BCUT2D eigenvalue weighted by atomic mass is 16.7. The van der Waals surface area contributed by atoms with Crippen LogP contribution in [0.25, 0.3) is 0 Å². The summed E-state index contributed by atoms with van der Waals surface area (Å²) in [6.45, 7) is 0. The number of carboxylic acid groups (broad SMARTS) is 1. The molecule has 0 aliphatic carbocycles. The van der Waals surface area contributed by atoms with Crippen molar-refractivity contribution in [3.8, 4) is 28.7 Å². The van der Waals surface area contributed by atoms with Crippen LogP contribution >= 0.6 is 0 Å². The van der Waals surface area contributed by atoms with E-state index in [-0.39, 0.29) is 95.9 Å². The van der Waals surface area contributed by atoms with Gasteiger partial charge in [-0.05, 0) is 60.7 Å². The zero-order valence-electron chi connectivity index (χ0n) is 34.0. The molecule has 0 saturated carbocycles. The zero-order valence-corrected chi connectivity index (χ0v) is 34.0. The number of para-hydroxylation sites is 5. The first-order valence-corrected chi connectivity index (χ1v) is 16.6. The van der Waals surface area contributed by atoms with Crippen molar-refractivity contribution in [1.82, 2.24) is 0 Å². The molecule has 0 aliphatic heterocycles. The van der Waals surface area contributed by atoms with Gasteiger partial charge in [0.15, 0.2) is 0 Å². The number of benzene rings is 5. The van der Waals surface area contributed by atoms with Gasteiger partial charge < -0.3 is 64.9 Å². The maximum absolute atomic E-state index is 12.0. The topological polar surface area (TPSA) is 356 Å². The van der Waals surface area contributed by atoms with E-state index in [1.54, 1.807) is 60.7 Å². The summed E-state index contributed by atoms with van der Waals surface area (Å²) in [5.41, 5.74) is 0.448. The van der Waals surface area contributed by atoms with Crippen molar-refractivity contribution in [1.29, 1.82) is 0 Å². The second kappa shape index (κ2) is 39.2. The van der Waals surface area contributed by atoms with Gasteiger partial charge in [0.25, 0.3) is 0 Å². The fourth-order valence-electron chi connectivity index (χ4n) is 4.04. The predicted molar refractivity (Wildman–Crippen MR) is 237 cm³/mol. The number of phenols is 3. The molecule has 0 atom stereocenters. The first-order chi connectivity index (χ1) is 29.2. The molecule has 0 heterocycles. The number of ether oxygens (including phenoxy) is 6. The first kappa shape index (κ1) is 69.1. The number of carbonyl (C=O) groups is 6. The number of carbonyl (C=O) groups excluding carboxylic acids is 7. The minimum absolute atomic E-state index is 0. The summed E-state index contributed by atoms with van der Waals surface area (Å²) in [6, 6.07) is 30.4. The molecule has 0 amide bonds. The molecule has 0 bridgehead atoms. The Morgan fingerprint density at radius 2 is 0.621 bits per heavy atom. The van der Waals surface area contributed by atoms with E-state index >= 15 is 0 Å². The highest BCUT2D eigenvalue weighted by molar-refractivity contribution is 5.95. The van der Waals surface area contributed by atoms with Gasteiger partial charge in [0.05, 0.1) is 28.4 Å². The van der Waals surface area contributed by atoms with E-state index in [9.17, 15) is 28.8 Å². The van der Waals surface area contributed by atoms with Gasteiger partial charge in [0, 0.05) is 7.11 Å². The average molecular weight is 933 g/mol. The number of carboxylic acids is 1. The van der Waals surface area contributed by atoms with Crippen LogP contribution in [0.1, 0.15) is 74.1 Å². The van der Waals surface area contributed by atoms with Crippen molar-refractivity contribution in [3.63, 3.8) is 0 Å². The maximum atomic E-state index is 12.0. The van der Waals surface area contributed by atoms with Crippen LogP contribution in [0.4, 0.5) is 4.79 Å². The average Bonchev–Trinajstić information content (AvgIpc) is 3.27. The van der Waals surface area contributed by atoms with Crippen LogP contribution in [0.5, 0.6) is 28.7 Å². The standard InChI is InChI=1S/C17H14O7.2C8H8O3.C7H6O3.CO2.CH4O.3CH4.2H2O/c1-21-15(18)11-7-3-5-9-13(11)23-17(20)24-14-10-6-4-8-12(14)16(19)22-2;2*1-11-8(10)6-4-2-3-5-7(6)9;8-6-4-2-1-3-5(6)7(9)10;2-1-3;1-2;;;;;/h3-10H,1-2H3;2*2-5,9H,1H3;1-4,8H,(H,9,10);;2H,1H3;3*1H4;2*1H2. The molecule has 9 N–H and O–H groups in total. The number of rotatable bonds is 7. The number of hydrogen-bond donors (Lipinski definition) is 5. The molecule has 0 radical (unpaired) electrons. The van der Waals surface area contributed by atoms with Gasteiger partial charge in [-0.15, -0.1) is 0 Å². The van der Waals surface area contributed by atoms with Gasteiger partial charge in [0.2, 0.25) is 0 Å². The quantitative estimate of drug-likeness (QED) is 0.0756. The smallest absolute Gasteiger partial charge is 0.507 e. The van der Waals surface area contributed by atoms with Crippen molar-refractivity contribution in [3.05, 3.63) is 149 Å². The molecule has 5 aromatic carbocycles. The molecule has 5 aromatic rings. The van der Waals surface area contributed by atoms with Crippen molar-refractivity contribution < 1.29 is 103 Å². The van der Waals surface area contributed by atoms with Gasteiger partial charge in [-0.3, -0.25) is 0 Å². The van der Waals surface area contributed by atoms with Crippen LogP contribution in [0.15, 0.2) is 121 Å². The third-order valence-corrected chi connectivity index (χ3v) is 6.72. The minimum atomic E-state index is -1.11. The van der Waals surface area contributed by atoms with Crippen LogP contribution in [0, 0.1) is 0 Å². The predicted octanol–water partition coefficient (Wildman–Crippen LogP) is 5.57. The van der Waals surface area contributed by atoms with Gasteiger partial charge >= 0.3 is 42.2 Å². The van der Waals surface area contributed by atoms with E-state index in [0.29, 0.717) is 0 Å². The number of phenolic OH excluding ortho intramolecular Hbond substituents is 2. The van der Waals surface area contributed by atoms with Crippen molar-refractivity contribution in [2.45, 2.75) is 22.3 Å². The number of methoxy groups -OCH3 is 4. The lowest BCUT2D eigenvalue weighted by Gasteiger charge is -2.10. The number of hydrogen-bond acceptors (Lipinski definition) is 18. The number of aliphatic hydroxyl groups excluding tert-OH is 1. The van der Waals surface area contributed by atoms with Crippen LogP contribution < -0.4 is 9.47 Å². The van der Waals surface area contributed by atoms with E-state index in [0.717, 1.165) is 7.11 Å². The van der Waals surface area contributed by atoms with Crippen LogP contribution in [-0.2, 0) is 28.5 Å². The lowest BCUT2D eigenvalue weighted by molar-refractivity contribution is -0.191. The summed E-state index contributed by atoms with van der Waals surface area (Å²) >= 11 is 0. The second-order valence-electron chi connectivity index (χ2n) is 10.4. The fraction of sp³-hybridized carbons (Fsp3) is 0.178. The van der Waals surface area contributed by atoms with Gasteiger partial charge in [-0.25, -0.2) is 28.8 Å². The van der Waals surface area contributed by atoms with Crippen LogP contribution in [0.3, 0.4) is 0 Å². The Hall–Kier alpha value is -8.62. The first-order valence-electron chi connectivity index (χ1n) is 16.6. The van der Waals surface area contributed by atoms with Crippen LogP contribution in [-0.4, -0.2) is 114 Å². The molecule has 0 unspecified atom stereocenters. The molecule has 21 nitrogen and oxygen atoms in total. The summed E-state index contributed by atoms with van der Waals surface area (Å²) in [6.07, 6.45) is -0.859. The SMILES string of the molecule is C.C.C.CO.COC(=O)c1ccccc1O.COC(=O)c1ccccc1O.COC(=O)c1ccccc1OC(=O)Oc1ccccc1C(=O)OC.O.O.O=C(O)c1ccccc1O.O=C=O. The zero-order chi connectivity index (χ0) is 46.3. The third-order valence-electron chi connectivity index (χ3n) is 6.72. The van der Waals surface area contributed by atoms with E-state index in [1.165, 1.54) is 89.1 Å².